The van der Waals surface area contributed by atoms with Crippen LogP contribution in [0.1, 0.15) is 23.8 Å². The van der Waals surface area contributed by atoms with E-state index >= 15 is 0 Å². The Bertz CT molecular complexity index is 541. The number of rotatable bonds is 2. The van der Waals surface area contributed by atoms with Crippen molar-refractivity contribution in [2.75, 3.05) is 13.1 Å². The summed E-state index contributed by atoms with van der Waals surface area (Å²) in [6.07, 6.45) is 1.00. The fourth-order valence-corrected chi connectivity index (χ4v) is 2.25. The highest BCUT2D eigenvalue weighted by Crippen LogP contribution is 2.24. The molecule has 1 aromatic carbocycles. The Morgan fingerprint density at radius 1 is 1.39 bits per heavy atom. The lowest BCUT2D eigenvalue weighted by atomic mass is 10.1. The molecule has 1 fully saturated rings. The first-order chi connectivity index (χ1) is 8.72. The van der Waals surface area contributed by atoms with E-state index in [0.717, 1.165) is 25.1 Å². The van der Waals surface area contributed by atoms with Crippen LogP contribution in [0.3, 0.4) is 0 Å². The Balaban J connectivity index is 1.92. The second-order valence-corrected chi connectivity index (χ2v) is 4.66. The number of benzene rings is 1. The van der Waals surface area contributed by atoms with Crippen LogP contribution in [-0.4, -0.2) is 23.2 Å². The molecule has 4 nitrogen and oxygen atoms in total. The number of hydrogen-bond donors (Lipinski definition) is 1. The molecule has 5 heteroatoms. The van der Waals surface area contributed by atoms with Gasteiger partial charge in [0.1, 0.15) is 5.82 Å². The number of aryl methyl sites for hydroxylation is 1. The minimum absolute atomic E-state index is 0.279. The molecular weight excluding hydrogens is 233 g/mol. The quantitative estimate of drug-likeness (QED) is 0.884. The highest BCUT2D eigenvalue weighted by molar-refractivity contribution is 5.55. The third kappa shape index (κ3) is 2.13. The average molecular weight is 247 g/mol. The summed E-state index contributed by atoms with van der Waals surface area (Å²) in [6.45, 7) is 3.68. The summed E-state index contributed by atoms with van der Waals surface area (Å²) in [5.74, 6) is 1.09. The molecule has 2 heterocycles. The van der Waals surface area contributed by atoms with E-state index in [4.69, 9.17) is 4.52 Å². The minimum Gasteiger partial charge on any atom is -0.339 e. The lowest BCUT2D eigenvalue weighted by molar-refractivity contribution is 0.359. The minimum atomic E-state index is -0.279. The van der Waals surface area contributed by atoms with E-state index in [2.05, 4.69) is 15.5 Å². The van der Waals surface area contributed by atoms with Gasteiger partial charge in [-0.25, -0.2) is 4.39 Å². The fraction of sp³-hybridized carbons (Fsp3) is 0.385. The Kier molecular flexibility index (Phi) is 2.83. The molecule has 1 aliphatic rings. The van der Waals surface area contributed by atoms with Crippen molar-refractivity contribution in [3.63, 3.8) is 0 Å². The van der Waals surface area contributed by atoms with Crippen molar-refractivity contribution >= 4 is 0 Å². The Hall–Kier alpha value is -1.75. The highest BCUT2D eigenvalue weighted by atomic mass is 19.1. The Morgan fingerprint density at radius 2 is 2.28 bits per heavy atom. The number of aromatic nitrogens is 2. The molecule has 1 unspecified atom stereocenters. The normalized spacial score (nSPS) is 19.3. The second kappa shape index (κ2) is 4.49. The van der Waals surface area contributed by atoms with Crippen molar-refractivity contribution in [1.82, 2.24) is 15.5 Å². The molecule has 2 aromatic rings. The molecule has 94 valence electrons. The van der Waals surface area contributed by atoms with E-state index in [9.17, 15) is 4.39 Å². The summed E-state index contributed by atoms with van der Waals surface area (Å²) in [5.41, 5.74) is 1.51. The second-order valence-electron chi connectivity index (χ2n) is 4.66. The summed E-state index contributed by atoms with van der Waals surface area (Å²) in [5, 5.41) is 7.18. The summed E-state index contributed by atoms with van der Waals surface area (Å²) in [4.78, 5) is 4.36. The summed E-state index contributed by atoms with van der Waals surface area (Å²) in [6, 6.07) is 4.75. The Morgan fingerprint density at radius 3 is 3.00 bits per heavy atom. The van der Waals surface area contributed by atoms with Crippen LogP contribution < -0.4 is 5.32 Å². The van der Waals surface area contributed by atoms with Gasteiger partial charge in [-0.15, -0.1) is 0 Å². The van der Waals surface area contributed by atoms with E-state index in [1.807, 2.05) is 13.0 Å². The average Bonchev–Trinajstić information content (AvgIpc) is 2.99. The summed E-state index contributed by atoms with van der Waals surface area (Å²) < 4.78 is 18.6. The monoisotopic (exact) mass is 247 g/mol. The first-order valence-corrected chi connectivity index (χ1v) is 6.04. The molecule has 0 spiro atoms. The van der Waals surface area contributed by atoms with E-state index < -0.39 is 0 Å². The van der Waals surface area contributed by atoms with E-state index in [1.54, 1.807) is 0 Å². The fourth-order valence-electron chi connectivity index (χ4n) is 2.25. The van der Waals surface area contributed by atoms with Crippen molar-refractivity contribution in [3.8, 4) is 11.4 Å². The van der Waals surface area contributed by atoms with E-state index in [0.29, 0.717) is 17.3 Å². The molecule has 1 atom stereocenters. The van der Waals surface area contributed by atoms with Crippen LogP contribution in [0.15, 0.2) is 22.7 Å². The molecule has 1 N–H and O–H groups in total. The summed E-state index contributed by atoms with van der Waals surface area (Å²) >= 11 is 0. The maximum Gasteiger partial charge on any atom is 0.231 e. The predicted octanol–water partition coefficient (Wildman–Crippen LogP) is 2.26. The molecule has 1 aromatic heterocycles. The lowest BCUT2D eigenvalue weighted by Crippen LogP contribution is -2.08. The van der Waals surface area contributed by atoms with Crippen LogP contribution in [-0.2, 0) is 0 Å². The van der Waals surface area contributed by atoms with Gasteiger partial charge in [0.15, 0.2) is 0 Å². The van der Waals surface area contributed by atoms with Gasteiger partial charge in [0, 0.05) is 12.1 Å². The Labute approximate surface area is 104 Å². The zero-order valence-electron chi connectivity index (χ0n) is 10.1. The van der Waals surface area contributed by atoms with Gasteiger partial charge in [-0.3, -0.25) is 0 Å². The number of nitrogens with zero attached hydrogens (tertiary/aromatic N) is 2. The van der Waals surface area contributed by atoms with Gasteiger partial charge in [0.25, 0.3) is 0 Å². The summed E-state index contributed by atoms with van der Waals surface area (Å²) in [7, 11) is 0. The van der Waals surface area contributed by atoms with Crippen molar-refractivity contribution in [2.45, 2.75) is 19.3 Å². The molecule has 1 aliphatic heterocycles. The standard InChI is InChI=1S/C13H14FN3O/c1-8-4-10(6-11(14)5-8)12-16-13(18-17-12)9-2-3-15-7-9/h4-6,9,15H,2-3,7H2,1H3. The van der Waals surface area contributed by atoms with Gasteiger partial charge in [-0.05, 0) is 43.7 Å². The van der Waals surface area contributed by atoms with Gasteiger partial charge in [-0.2, -0.15) is 4.98 Å². The van der Waals surface area contributed by atoms with Crippen LogP contribution in [0.25, 0.3) is 11.4 Å². The maximum atomic E-state index is 13.3. The molecule has 0 saturated carbocycles. The van der Waals surface area contributed by atoms with Crippen LogP contribution >= 0.6 is 0 Å². The molecule has 0 bridgehead atoms. The largest absolute Gasteiger partial charge is 0.339 e. The molecule has 3 rings (SSSR count). The van der Waals surface area contributed by atoms with Crippen LogP contribution in [0.2, 0.25) is 0 Å². The smallest absolute Gasteiger partial charge is 0.231 e. The first kappa shape index (κ1) is 11.3. The molecule has 0 amide bonds. The van der Waals surface area contributed by atoms with Crippen molar-refractivity contribution in [2.24, 2.45) is 0 Å². The third-order valence-electron chi connectivity index (χ3n) is 3.15. The highest BCUT2D eigenvalue weighted by Gasteiger charge is 2.23. The maximum absolute atomic E-state index is 13.3. The van der Waals surface area contributed by atoms with Gasteiger partial charge < -0.3 is 9.84 Å². The van der Waals surface area contributed by atoms with Gasteiger partial charge in [0.05, 0.1) is 5.92 Å². The van der Waals surface area contributed by atoms with Gasteiger partial charge in [0.2, 0.25) is 11.7 Å². The zero-order valence-corrected chi connectivity index (χ0v) is 10.1. The van der Waals surface area contributed by atoms with Crippen LogP contribution in [0.4, 0.5) is 4.39 Å². The molecule has 0 aliphatic carbocycles. The first-order valence-electron chi connectivity index (χ1n) is 6.04. The van der Waals surface area contributed by atoms with Crippen molar-refractivity contribution < 1.29 is 8.91 Å². The molecule has 1 saturated heterocycles. The van der Waals surface area contributed by atoms with Gasteiger partial charge in [-0.1, -0.05) is 5.16 Å². The topological polar surface area (TPSA) is 51.0 Å². The van der Waals surface area contributed by atoms with E-state index in [-0.39, 0.29) is 11.7 Å². The number of hydrogen-bond acceptors (Lipinski definition) is 4. The molecule has 18 heavy (non-hydrogen) atoms. The number of nitrogens with one attached hydrogen (secondary N) is 1. The SMILES string of the molecule is Cc1cc(F)cc(-c2noc(C3CCNC3)n2)c1. The predicted molar refractivity (Wildman–Crippen MR) is 64.7 cm³/mol. The van der Waals surface area contributed by atoms with Crippen LogP contribution in [0.5, 0.6) is 0 Å². The third-order valence-corrected chi connectivity index (χ3v) is 3.15. The molecule has 0 radical (unpaired) electrons. The molecular formula is C13H14FN3O. The van der Waals surface area contributed by atoms with Crippen molar-refractivity contribution in [3.05, 3.63) is 35.5 Å². The lowest BCUT2D eigenvalue weighted by Gasteiger charge is -1.99. The number of halogens is 1. The van der Waals surface area contributed by atoms with Crippen LogP contribution in [0, 0.1) is 12.7 Å². The van der Waals surface area contributed by atoms with Crippen molar-refractivity contribution in [1.29, 1.82) is 0 Å². The van der Waals surface area contributed by atoms with Gasteiger partial charge >= 0.3 is 0 Å². The zero-order chi connectivity index (χ0) is 12.5. The van der Waals surface area contributed by atoms with E-state index in [1.165, 1.54) is 12.1 Å².